The van der Waals surface area contributed by atoms with Gasteiger partial charge in [0.2, 0.25) is 5.91 Å². The van der Waals surface area contributed by atoms with Crippen LogP contribution >= 0.6 is 11.6 Å². The van der Waals surface area contributed by atoms with Crippen LogP contribution in [-0.2, 0) is 20.9 Å². The van der Waals surface area contributed by atoms with Crippen molar-refractivity contribution in [1.82, 2.24) is 24.9 Å². The van der Waals surface area contributed by atoms with Crippen molar-refractivity contribution in [2.24, 2.45) is 5.92 Å². The Labute approximate surface area is 175 Å². The van der Waals surface area contributed by atoms with Crippen LogP contribution < -0.4 is 5.32 Å². The SMILES string of the molecule is Cc1nn(CC(C)C)c(Cl)c1/C=C/C(=O)N1CCN(C(=O)C(=O)NC2CC2)CC1. The molecule has 1 aromatic rings. The highest BCUT2D eigenvalue weighted by molar-refractivity contribution is 6.35. The summed E-state index contributed by atoms with van der Waals surface area (Å²) < 4.78 is 1.75. The van der Waals surface area contributed by atoms with E-state index >= 15 is 0 Å². The molecule has 0 bridgehead atoms. The highest BCUT2D eigenvalue weighted by atomic mass is 35.5. The topological polar surface area (TPSA) is 87.5 Å². The van der Waals surface area contributed by atoms with Crippen molar-refractivity contribution in [3.63, 3.8) is 0 Å². The van der Waals surface area contributed by atoms with Crippen LogP contribution in [-0.4, -0.2) is 69.5 Å². The number of aryl methyl sites for hydroxylation is 1. The van der Waals surface area contributed by atoms with Gasteiger partial charge in [-0.05, 0) is 31.8 Å². The zero-order valence-electron chi connectivity index (χ0n) is 17.2. The molecule has 1 N–H and O–H groups in total. The van der Waals surface area contributed by atoms with Crippen molar-refractivity contribution < 1.29 is 14.4 Å². The summed E-state index contributed by atoms with van der Waals surface area (Å²) in [4.78, 5) is 39.8. The molecule has 2 fully saturated rings. The fourth-order valence-corrected chi connectivity index (χ4v) is 3.54. The zero-order chi connectivity index (χ0) is 21.1. The Kier molecular flexibility index (Phi) is 6.62. The van der Waals surface area contributed by atoms with Gasteiger partial charge in [-0.3, -0.25) is 19.1 Å². The second-order valence-electron chi connectivity index (χ2n) is 8.06. The molecule has 2 heterocycles. The van der Waals surface area contributed by atoms with Crippen molar-refractivity contribution in [3.05, 3.63) is 22.5 Å². The first-order valence-electron chi connectivity index (χ1n) is 10.1. The van der Waals surface area contributed by atoms with Gasteiger partial charge in [-0.25, -0.2) is 0 Å². The average Bonchev–Trinajstić information content (AvgIpc) is 3.45. The van der Waals surface area contributed by atoms with Gasteiger partial charge in [0.05, 0.1) is 5.69 Å². The number of carbonyl (C=O) groups excluding carboxylic acids is 3. The monoisotopic (exact) mass is 421 g/mol. The molecule has 1 aliphatic carbocycles. The van der Waals surface area contributed by atoms with Crippen LogP contribution in [0.25, 0.3) is 6.08 Å². The number of amides is 3. The summed E-state index contributed by atoms with van der Waals surface area (Å²) in [6.07, 6.45) is 5.07. The summed E-state index contributed by atoms with van der Waals surface area (Å²) in [6.45, 7) is 8.25. The quantitative estimate of drug-likeness (QED) is 0.576. The highest BCUT2D eigenvalue weighted by Gasteiger charge is 2.31. The van der Waals surface area contributed by atoms with Crippen LogP contribution in [0.5, 0.6) is 0 Å². The van der Waals surface area contributed by atoms with Gasteiger partial charge >= 0.3 is 11.8 Å². The standard InChI is InChI=1S/C20H28ClN5O3/c1-13(2)12-26-18(21)16(14(3)23-26)6-7-17(27)24-8-10-25(11-9-24)20(29)19(28)22-15-4-5-15/h6-7,13,15H,4-5,8-12H2,1-3H3,(H,22,28)/b7-6+. The van der Waals surface area contributed by atoms with E-state index in [0.717, 1.165) is 24.1 Å². The fourth-order valence-electron chi connectivity index (χ4n) is 3.23. The van der Waals surface area contributed by atoms with E-state index in [4.69, 9.17) is 11.6 Å². The van der Waals surface area contributed by atoms with Gasteiger partial charge in [0.1, 0.15) is 5.15 Å². The van der Waals surface area contributed by atoms with Crippen LogP contribution in [0.1, 0.15) is 37.9 Å². The van der Waals surface area contributed by atoms with E-state index in [2.05, 4.69) is 24.3 Å². The Morgan fingerprint density at radius 1 is 1.17 bits per heavy atom. The van der Waals surface area contributed by atoms with Crippen LogP contribution in [0.3, 0.4) is 0 Å². The summed E-state index contributed by atoms with van der Waals surface area (Å²) in [6, 6.07) is 0.152. The zero-order valence-corrected chi connectivity index (χ0v) is 17.9. The van der Waals surface area contributed by atoms with E-state index in [0.29, 0.717) is 43.8 Å². The molecule has 1 saturated heterocycles. The lowest BCUT2D eigenvalue weighted by molar-refractivity contribution is -0.148. The molecular formula is C20H28ClN5O3. The maximum absolute atomic E-state index is 12.5. The van der Waals surface area contributed by atoms with Gasteiger partial charge in [-0.2, -0.15) is 5.10 Å². The third kappa shape index (κ3) is 5.38. The number of nitrogens with zero attached hydrogens (tertiary/aromatic N) is 4. The third-order valence-corrected chi connectivity index (χ3v) is 5.42. The van der Waals surface area contributed by atoms with Gasteiger partial charge < -0.3 is 15.1 Å². The Hall–Kier alpha value is -2.35. The maximum atomic E-state index is 12.5. The van der Waals surface area contributed by atoms with E-state index < -0.39 is 11.8 Å². The number of halogens is 1. The van der Waals surface area contributed by atoms with Crippen LogP contribution in [0.15, 0.2) is 6.08 Å². The normalized spacial score (nSPS) is 17.3. The second kappa shape index (κ2) is 8.98. The highest BCUT2D eigenvalue weighted by Crippen LogP contribution is 2.22. The lowest BCUT2D eigenvalue weighted by Gasteiger charge is -2.33. The Morgan fingerprint density at radius 3 is 2.38 bits per heavy atom. The van der Waals surface area contributed by atoms with Crippen molar-refractivity contribution in [2.75, 3.05) is 26.2 Å². The van der Waals surface area contributed by atoms with E-state index in [9.17, 15) is 14.4 Å². The molecule has 8 nitrogen and oxygen atoms in total. The first-order chi connectivity index (χ1) is 13.8. The minimum atomic E-state index is -0.546. The van der Waals surface area contributed by atoms with Gasteiger partial charge in [0.25, 0.3) is 0 Å². The minimum Gasteiger partial charge on any atom is -0.345 e. The molecule has 1 aliphatic heterocycles. The lowest BCUT2D eigenvalue weighted by atomic mass is 10.2. The van der Waals surface area contributed by atoms with Gasteiger partial charge in [-0.1, -0.05) is 25.4 Å². The molecule has 0 radical (unpaired) electrons. The Balaban J connectivity index is 1.54. The first kappa shape index (κ1) is 21.4. The van der Waals surface area contributed by atoms with E-state index in [1.807, 2.05) is 6.92 Å². The number of hydrogen-bond donors (Lipinski definition) is 1. The predicted molar refractivity (Wildman–Crippen MR) is 110 cm³/mol. The van der Waals surface area contributed by atoms with E-state index in [1.54, 1.807) is 15.7 Å². The summed E-state index contributed by atoms with van der Waals surface area (Å²) >= 11 is 6.41. The number of piperazine rings is 1. The molecule has 9 heteroatoms. The third-order valence-electron chi connectivity index (χ3n) is 5.03. The molecule has 1 saturated carbocycles. The summed E-state index contributed by atoms with van der Waals surface area (Å²) in [5.41, 5.74) is 1.52. The minimum absolute atomic E-state index is 0.147. The van der Waals surface area contributed by atoms with Gasteiger partial charge in [-0.15, -0.1) is 0 Å². The molecule has 0 atom stereocenters. The molecule has 0 aromatic carbocycles. The van der Waals surface area contributed by atoms with Crippen molar-refractivity contribution in [3.8, 4) is 0 Å². The van der Waals surface area contributed by atoms with Crippen LogP contribution in [0, 0.1) is 12.8 Å². The van der Waals surface area contributed by atoms with Gasteiger partial charge in [0, 0.05) is 50.4 Å². The number of nitrogens with one attached hydrogen (secondary N) is 1. The average molecular weight is 422 g/mol. The fraction of sp³-hybridized carbons (Fsp3) is 0.600. The number of carbonyl (C=O) groups is 3. The molecule has 1 aromatic heterocycles. The molecule has 2 aliphatic rings. The van der Waals surface area contributed by atoms with E-state index in [-0.39, 0.29) is 11.9 Å². The predicted octanol–water partition coefficient (Wildman–Crippen LogP) is 1.46. The molecule has 3 rings (SSSR count). The molecule has 0 unspecified atom stereocenters. The van der Waals surface area contributed by atoms with E-state index in [1.165, 1.54) is 11.0 Å². The van der Waals surface area contributed by atoms with Gasteiger partial charge in [0.15, 0.2) is 0 Å². The first-order valence-corrected chi connectivity index (χ1v) is 10.4. The maximum Gasteiger partial charge on any atom is 0.312 e. The Bertz CT molecular complexity index is 820. The lowest BCUT2D eigenvalue weighted by Crippen LogP contribution is -2.53. The molecule has 0 spiro atoms. The van der Waals surface area contributed by atoms with Crippen molar-refractivity contribution in [1.29, 1.82) is 0 Å². The largest absolute Gasteiger partial charge is 0.345 e. The second-order valence-corrected chi connectivity index (χ2v) is 8.42. The van der Waals surface area contributed by atoms with Crippen molar-refractivity contribution in [2.45, 2.75) is 46.2 Å². The molecule has 158 valence electrons. The number of aromatic nitrogens is 2. The Morgan fingerprint density at radius 2 is 1.79 bits per heavy atom. The molecule has 29 heavy (non-hydrogen) atoms. The van der Waals surface area contributed by atoms with Crippen LogP contribution in [0.4, 0.5) is 0 Å². The summed E-state index contributed by atoms with van der Waals surface area (Å²) in [5.74, 6) is -0.794. The molecule has 3 amide bonds. The number of rotatable bonds is 5. The van der Waals surface area contributed by atoms with Crippen molar-refractivity contribution >= 4 is 35.4 Å². The summed E-state index contributed by atoms with van der Waals surface area (Å²) in [7, 11) is 0. The smallest absolute Gasteiger partial charge is 0.312 e. The summed E-state index contributed by atoms with van der Waals surface area (Å²) in [5, 5.41) is 7.67. The molecular weight excluding hydrogens is 394 g/mol. The van der Waals surface area contributed by atoms with Crippen LogP contribution in [0.2, 0.25) is 5.15 Å². The number of hydrogen-bond acceptors (Lipinski definition) is 4.